The predicted molar refractivity (Wildman–Crippen MR) is 236 cm³/mol. The molecule has 4 fully saturated rings. The van der Waals surface area contributed by atoms with Crippen molar-refractivity contribution in [3.8, 4) is 11.1 Å². The number of carbonyl (C=O) groups excluding carboxylic acids is 5. The topological polar surface area (TPSA) is 149 Å². The van der Waals surface area contributed by atoms with Gasteiger partial charge in [-0.3, -0.25) is 43.6 Å². The Morgan fingerprint density at radius 3 is 2.34 bits per heavy atom. The summed E-state index contributed by atoms with van der Waals surface area (Å²) in [7, 11) is 1.78. The Morgan fingerprint density at radius 2 is 1.63 bits per heavy atom. The van der Waals surface area contributed by atoms with Crippen LogP contribution in [0.15, 0.2) is 42.7 Å². The first-order valence-electron chi connectivity index (χ1n) is 23.3. The summed E-state index contributed by atoms with van der Waals surface area (Å²) < 4.78 is 33.4. The average Bonchev–Trinajstić information content (AvgIpc) is 3.97. The lowest BCUT2D eigenvalue weighted by atomic mass is 9.59. The minimum absolute atomic E-state index is 0.0178. The number of piperidine rings is 3. The van der Waals surface area contributed by atoms with Gasteiger partial charge in [-0.15, -0.1) is 0 Å². The smallest absolute Gasteiger partial charge is 0.264 e. The van der Waals surface area contributed by atoms with Gasteiger partial charge in [-0.2, -0.15) is 10.2 Å². The standard InChI is InChI=1S/C48H54F2N10O5/c1-28(61)57-17-11-39-38(27-57)44(58-14-3-4-29-20-35(30-25-51-54(2)26-30)36(43(49)50)22-41(29)58)53-60(39)31-9-15-55(16-10-31)33-23-48(24-33)12-18-56(19-13-48)32-5-6-34-37(21-32)47(65)59(46(34)64)40-7-8-42(62)52-45(40)63/h5-6,20-22,25-26,31,33,40,43H,3-4,7-19,23-24,27H2,1-2H3,(H,52,62,63). The molecule has 1 atom stereocenters. The first-order chi connectivity index (χ1) is 31.3. The molecule has 1 saturated carbocycles. The van der Waals surface area contributed by atoms with Crippen LogP contribution in [0, 0.1) is 5.41 Å². The number of hydrogen-bond acceptors (Lipinski definition) is 10. The van der Waals surface area contributed by atoms with Gasteiger partial charge in [0.1, 0.15) is 6.04 Å². The van der Waals surface area contributed by atoms with Crippen LogP contribution in [0.25, 0.3) is 11.1 Å². The first-order valence-corrected chi connectivity index (χ1v) is 23.3. The van der Waals surface area contributed by atoms with Gasteiger partial charge in [-0.1, -0.05) is 0 Å². The fourth-order valence-electron chi connectivity index (χ4n) is 12.1. The molecule has 15 nitrogen and oxygen atoms in total. The molecule has 65 heavy (non-hydrogen) atoms. The van der Waals surface area contributed by atoms with E-state index in [1.165, 1.54) is 0 Å². The molecule has 17 heteroatoms. The van der Waals surface area contributed by atoms with Crippen molar-refractivity contribution in [2.24, 2.45) is 12.5 Å². The van der Waals surface area contributed by atoms with Crippen molar-refractivity contribution in [3.63, 3.8) is 0 Å². The van der Waals surface area contributed by atoms with E-state index in [4.69, 9.17) is 5.10 Å². The molecule has 1 unspecified atom stereocenters. The zero-order chi connectivity index (χ0) is 44.9. The molecule has 6 aliphatic heterocycles. The van der Waals surface area contributed by atoms with E-state index in [0.717, 1.165) is 116 Å². The van der Waals surface area contributed by atoms with Crippen LogP contribution in [0.4, 0.5) is 26.0 Å². The second kappa shape index (κ2) is 15.9. The highest BCUT2D eigenvalue weighted by Crippen LogP contribution is 2.52. The highest BCUT2D eigenvalue weighted by Gasteiger charge is 2.49. The van der Waals surface area contributed by atoms with Gasteiger partial charge in [0.15, 0.2) is 5.82 Å². The summed E-state index contributed by atoms with van der Waals surface area (Å²) in [6.07, 6.45) is 9.63. The number of nitrogens with zero attached hydrogens (tertiary/aromatic N) is 9. The fourth-order valence-corrected chi connectivity index (χ4v) is 12.1. The van der Waals surface area contributed by atoms with Crippen LogP contribution in [-0.2, 0) is 40.8 Å². The van der Waals surface area contributed by atoms with E-state index in [9.17, 15) is 32.8 Å². The number of amides is 5. The molecule has 7 aliphatic rings. The van der Waals surface area contributed by atoms with Crippen molar-refractivity contribution in [1.82, 2.24) is 39.6 Å². The van der Waals surface area contributed by atoms with Gasteiger partial charge < -0.3 is 19.6 Å². The molecule has 8 heterocycles. The van der Waals surface area contributed by atoms with Crippen molar-refractivity contribution in [1.29, 1.82) is 0 Å². The summed E-state index contributed by atoms with van der Waals surface area (Å²) in [5, 5.41) is 11.9. The molecule has 340 valence electrons. The largest absolute Gasteiger partial charge is 0.371 e. The second-order valence-corrected chi connectivity index (χ2v) is 19.4. The number of fused-ring (bicyclic) bond motifs is 3. The number of aromatic nitrogens is 4. The van der Waals surface area contributed by atoms with Crippen LogP contribution in [0.5, 0.6) is 0 Å². The summed E-state index contributed by atoms with van der Waals surface area (Å²) in [5.74, 6) is -1.18. The third kappa shape index (κ3) is 7.11. The van der Waals surface area contributed by atoms with Crippen LogP contribution < -0.4 is 15.1 Å². The van der Waals surface area contributed by atoms with E-state index in [2.05, 4.69) is 29.8 Å². The Hall–Kier alpha value is -5.97. The number of alkyl halides is 2. The van der Waals surface area contributed by atoms with Crippen molar-refractivity contribution < 1.29 is 32.8 Å². The van der Waals surface area contributed by atoms with Crippen molar-refractivity contribution in [2.45, 2.75) is 109 Å². The lowest BCUT2D eigenvalue weighted by Crippen LogP contribution is -2.56. The van der Waals surface area contributed by atoms with Crippen molar-refractivity contribution in [3.05, 3.63) is 76.2 Å². The zero-order valence-electron chi connectivity index (χ0n) is 36.9. The number of nitrogens with one attached hydrogen (secondary N) is 1. The molecule has 4 aromatic rings. The van der Waals surface area contributed by atoms with E-state index in [-0.39, 0.29) is 35.8 Å². The molecule has 5 amide bonds. The van der Waals surface area contributed by atoms with E-state index in [0.29, 0.717) is 54.4 Å². The molecule has 1 N–H and O–H groups in total. The Bertz CT molecular complexity index is 2630. The minimum atomic E-state index is -2.66. The Balaban J connectivity index is 0.750. The number of likely N-dealkylation sites (tertiary alicyclic amines) is 1. The maximum atomic E-state index is 14.8. The molecule has 1 spiro atoms. The zero-order valence-corrected chi connectivity index (χ0v) is 36.9. The quantitative estimate of drug-likeness (QED) is 0.229. The van der Waals surface area contributed by atoms with E-state index < -0.39 is 36.1 Å². The molecular weight excluding hydrogens is 835 g/mol. The lowest BCUT2D eigenvalue weighted by Gasteiger charge is -2.56. The third-order valence-electron chi connectivity index (χ3n) is 15.7. The molecule has 3 saturated heterocycles. The van der Waals surface area contributed by atoms with Crippen LogP contribution in [0.1, 0.15) is 120 Å². The summed E-state index contributed by atoms with van der Waals surface area (Å²) in [6, 6.07) is 8.71. The summed E-state index contributed by atoms with van der Waals surface area (Å²) in [6.45, 7) is 7.00. The maximum absolute atomic E-state index is 14.8. The van der Waals surface area contributed by atoms with Crippen molar-refractivity contribution >= 4 is 46.7 Å². The van der Waals surface area contributed by atoms with Gasteiger partial charge in [0.25, 0.3) is 18.2 Å². The third-order valence-corrected chi connectivity index (χ3v) is 15.7. The number of halogens is 2. The number of anilines is 3. The first kappa shape index (κ1) is 41.7. The van der Waals surface area contributed by atoms with Crippen molar-refractivity contribution in [2.75, 3.05) is 49.1 Å². The van der Waals surface area contributed by atoms with E-state index in [1.54, 1.807) is 49.2 Å². The van der Waals surface area contributed by atoms with Crippen LogP contribution in [0.3, 0.4) is 0 Å². The lowest BCUT2D eigenvalue weighted by molar-refractivity contribution is -0.136. The number of benzene rings is 2. The van der Waals surface area contributed by atoms with Gasteiger partial charge in [0.05, 0.1) is 29.9 Å². The second-order valence-electron chi connectivity index (χ2n) is 19.4. The van der Waals surface area contributed by atoms with Gasteiger partial charge in [0.2, 0.25) is 17.7 Å². The molecule has 1 aliphatic carbocycles. The number of imide groups is 2. The summed E-state index contributed by atoms with van der Waals surface area (Å²) >= 11 is 0. The van der Waals surface area contributed by atoms with Gasteiger partial charge in [0, 0.05) is 112 Å². The van der Waals surface area contributed by atoms with Gasteiger partial charge in [-0.25, -0.2) is 8.78 Å². The normalized spacial score (nSPS) is 22.7. The highest BCUT2D eigenvalue weighted by atomic mass is 19.3. The summed E-state index contributed by atoms with van der Waals surface area (Å²) in [5.41, 5.74) is 6.92. The summed E-state index contributed by atoms with van der Waals surface area (Å²) in [4.78, 5) is 73.6. The number of aryl methyl sites for hydroxylation is 2. The Morgan fingerprint density at radius 1 is 0.862 bits per heavy atom. The van der Waals surface area contributed by atoms with E-state index in [1.807, 2.05) is 17.0 Å². The average molecular weight is 889 g/mol. The van der Waals surface area contributed by atoms with Crippen LogP contribution in [0.2, 0.25) is 0 Å². The molecular formula is C48H54F2N10O5. The molecule has 11 rings (SSSR count). The number of carbonyl (C=O) groups is 5. The number of hydrogen-bond donors (Lipinski definition) is 1. The number of rotatable bonds is 7. The molecule has 2 aromatic heterocycles. The maximum Gasteiger partial charge on any atom is 0.264 e. The Kier molecular flexibility index (Phi) is 10.2. The SMILES string of the molecule is CC(=O)N1CCc2c(c(N3CCCc4cc(-c5cnn(C)c5)c(C(F)F)cc43)nn2C2CCN(C3CC4(CCN(c5ccc6c(c5)C(=O)N(C5CCC(=O)NC5=O)C6=O)CC4)C3)CC2)C1. The monoisotopic (exact) mass is 888 g/mol. The van der Waals surface area contributed by atoms with Crippen LogP contribution >= 0.6 is 0 Å². The molecule has 0 radical (unpaired) electrons. The highest BCUT2D eigenvalue weighted by molar-refractivity contribution is 6.23. The van der Waals surface area contributed by atoms with E-state index >= 15 is 0 Å². The van der Waals surface area contributed by atoms with Gasteiger partial charge in [-0.05, 0) is 105 Å². The van der Waals surface area contributed by atoms with Gasteiger partial charge >= 0.3 is 0 Å². The Labute approximate surface area is 375 Å². The molecule has 0 bridgehead atoms. The fraction of sp³-hybridized carbons (Fsp3) is 0.521. The minimum Gasteiger partial charge on any atom is -0.371 e. The predicted octanol–water partition coefficient (Wildman–Crippen LogP) is 5.70. The van der Waals surface area contributed by atoms with Crippen LogP contribution in [-0.4, -0.2) is 115 Å². The molecule has 2 aromatic carbocycles.